The number of nitrogens with zero attached hydrogens (tertiary/aromatic N) is 6. The normalized spacial score (nSPS) is 11.8. The molecule has 3 rings (SSSR count). The first-order valence-corrected chi connectivity index (χ1v) is 9.72. The van der Waals surface area contributed by atoms with E-state index in [4.69, 9.17) is 0 Å². The third kappa shape index (κ3) is 7.47. The largest absolute Gasteiger partial charge is 0.389 e. The van der Waals surface area contributed by atoms with E-state index in [1.54, 1.807) is 12.3 Å². The van der Waals surface area contributed by atoms with Crippen LogP contribution >= 0.6 is 0 Å². The van der Waals surface area contributed by atoms with Crippen LogP contribution in [0.3, 0.4) is 0 Å². The standard InChI is InChI=1S/C18H19F5N8O2/c19-14(20)2-4-31-27-9-13(29-31)17(33)25-8-12-10-30-15(28-12)5-11(7-26-30)6-24-16(32)1-3-18(21,22)23/h5,7,9-10,14H,1-4,6,8H2,(H,24,32)(H,25,33). The molecule has 0 unspecified atom stereocenters. The monoisotopic (exact) mass is 474 g/mol. The van der Waals surface area contributed by atoms with Gasteiger partial charge in [-0.25, -0.2) is 18.3 Å². The maximum Gasteiger partial charge on any atom is 0.389 e. The van der Waals surface area contributed by atoms with E-state index < -0.39 is 43.7 Å². The summed E-state index contributed by atoms with van der Waals surface area (Å²) in [7, 11) is 0. The number of amides is 2. The van der Waals surface area contributed by atoms with Crippen molar-refractivity contribution in [3.8, 4) is 0 Å². The molecule has 2 N–H and O–H groups in total. The summed E-state index contributed by atoms with van der Waals surface area (Å²) in [6.07, 6.45) is -5.03. The van der Waals surface area contributed by atoms with Crippen LogP contribution in [-0.2, 0) is 24.4 Å². The lowest BCUT2D eigenvalue weighted by Gasteiger charge is -2.07. The SMILES string of the molecule is O=C(CCC(F)(F)F)NCc1cnn2cc(CNC(=O)c3cnn(CCC(F)F)n3)nc2c1. The van der Waals surface area contributed by atoms with E-state index in [0.29, 0.717) is 16.9 Å². The van der Waals surface area contributed by atoms with Crippen LogP contribution in [0.1, 0.15) is 41.0 Å². The molecule has 0 aromatic carbocycles. The van der Waals surface area contributed by atoms with Crippen molar-refractivity contribution in [2.24, 2.45) is 0 Å². The molecular formula is C18H19F5N8O2. The number of aryl methyl sites for hydroxylation is 1. The lowest BCUT2D eigenvalue weighted by atomic mass is 10.2. The Balaban J connectivity index is 1.52. The number of carbonyl (C=O) groups excluding carboxylic acids is 2. The Hall–Kier alpha value is -3.65. The van der Waals surface area contributed by atoms with Gasteiger partial charge in [-0.15, -0.1) is 5.10 Å². The van der Waals surface area contributed by atoms with E-state index in [0.717, 1.165) is 4.80 Å². The van der Waals surface area contributed by atoms with Gasteiger partial charge in [-0.2, -0.15) is 28.2 Å². The van der Waals surface area contributed by atoms with Crippen molar-refractivity contribution in [3.63, 3.8) is 0 Å². The quantitative estimate of drug-likeness (QED) is 0.433. The van der Waals surface area contributed by atoms with Crippen LogP contribution in [0.4, 0.5) is 22.0 Å². The lowest BCUT2D eigenvalue weighted by molar-refractivity contribution is -0.144. The zero-order valence-electron chi connectivity index (χ0n) is 17.0. The van der Waals surface area contributed by atoms with Crippen LogP contribution in [0.2, 0.25) is 0 Å². The predicted molar refractivity (Wildman–Crippen MR) is 102 cm³/mol. The summed E-state index contributed by atoms with van der Waals surface area (Å²) in [5, 5.41) is 16.7. The van der Waals surface area contributed by atoms with Crippen molar-refractivity contribution in [1.29, 1.82) is 0 Å². The Morgan fingerprint density at radius 1 is 1.09 bits per heavy atom. The van der Waals surface area contributed by atoms with Gasteiger partial charge < -0.3 is 10.6 Å². The van der Waals surface area contributed by atoms with Gasteiger partial charge in [0.05, 0.1) is 43.8 Å². The van der Waals surface area contributed by atoms with Gasteiger partial charge in [-0.1, -0.05) is 0 Å². The Morgan fingerprint density at radius 2 is 1.88 bits per heavy atom. The fourth-order valence-corrected chi connectivity index (χ4v) is 2.67. The molecule has 0 saturated heterocycles. The molecule has 0 aliphatic carbocycles. The second-order valence-electron chi connectivity index (χ2n) is 6.98. The van der Waals surface area contributed by atoms with Gasteiger partial charge in [0.25, 0.3) is 5.91 Å². The summed E-state index contributed by atoms with van der Waals surface area (Å²) in [5.74, 6) is -1.30. The minimum absolute atomic E-state index is 0.0136. The highest BCUT2D eigenvalue weighted by Crippen LogP contribution is 2.21. The van der Waals surface area contributed by atoms with Crippen LogP contribution in [0.15, 0.2) is 24.7 Å². The first-order chi connectivity index (χ1) is 15.6. The van der Waals surface area contributed by atoms with E-state index in [1.165, 1.54) is 16.9 Å². The predicted octanol–water partition coefficient (Wildman–Crippen LogP) is 1.86. The number of nitrogens with one attached hydrogen (secondary N) is 2. The molecule has 3 heterocycles. The van der Waals surface area contributed by atoms with Gasteiger partial charge in [0, 0.05) is 19.4 Å². The number of rotatable bonds is 10. The van der Waals surface area contributed by atoms with Crippen molar-refractivity contribution >= 4 is 17.5 Å². The molecule has 2 amide bonds. The van der Waals surface area contributed by atoms with Crippen LogP contribution in [-0.4, -0.2) is 54.0 Å². The van der Waals surface area contributed by atoms with Crippen molar-refractivity contribution in [3.05, 3.63) is 41.6 Å². The van der Waals surface area contributed by atoms with Crippen molar-refractivity contribution in [2.45, 2.75) is 51.5 Å². The third-order valence-electron chi connectivity index (χ3n) is 4.30. The highest BCUT2D eigenvalue weighted by Gasteiger charge is 2.27. The van der Waals surface area contributed by atoms with E-state index in [2.05, 4.69) is 30.9 Å². The molecule has 0 aliphatic heterocycles. The molecule has 0 atom stereocenters. The molecule has 0 bridgehead atoms. The lowest BCUT2D eigenvalue weighted by Crippen LogP contribution is -2.24. The molecule has 0 spiro atoms. The molecule has 178 valence electrons. The van der Waals surface area contributed by atoms with E-state index >= 15 is 0 Å². The van der Waals surface area contributed by atoms with Crippen LogP contribution in [0.5, 0.6) is 0 Å². The Labute approximate surface area is 183 Å². The minimum Gasteiger partial charge on any atom is -0.352 e. The van der Waals surface area contributed by atoms with Crippen molar-refractivity contribution in [2.75, 3.05) is 0 Å². The summed E-state index contributed by atoms with van der Waals surface area (Å²) in [4.78, 5) is 29.0. The number of carbonyl (C=O) groups is 2. The minimum atomic E-state index is -4.40. The fraction of sp³-hybridized carbons (Fsp3) is 0.444. The highest BCUT2D eigenvalue weighted by molar-refractivity contribution is 5.91. The van der Waals surface area contributed by atoms with Crippen LogP contribution in [0, 0.1) is 0 Å². The molecule has 0 aliphatic rings. The topological polar surface area (TPSA) is 119 Å². The van der Waals surface area contributed by atoms with Crippen LogP contribution < -0.4 is 10.6 Å². The number of aromatic nitrogens is 6. The maximum absolute atomic E-state index is 12.2. The third-order valence-corrected chi connectivity index (χ3v) is 4.30. The molecular weight excluding hydrogens is 455 g/mol. The first-order valence-electron chi connectivity index (χ1n) is 9.72. The van der Waals surface area contributed by atoms with E-state index in [1.807, 2.05) is 0 Å². The van der Waals surface area contributed by atoms with Gasteiger partial charge >= 0.3 is 6.18 Å². The van der Waals surface area contributed by atoms with Gasteiger partial charge in [-0.05, 0) is 11.6 Å². The average Bonchev–Trinajstić information content (AvgIpc) is 3.39. The van der Waals surface area contributed by atoms with Gasteiger partial charge in [0.1, 0.15) is 0 Å². The van der Waals surface area contributed by atoms with Gasteiger partial charge in [-0.3, -0.25) is 9.59 Å². The number of hydrogen-bond donors (Lipinski definition) is 2. The fourth-order valence-electron chi connectivity index (χ4n) is 2.67. The van der Waals surface area contributed by atoms with Crippen molar-refractivity contribution < 1.29 is 31.5 Å². The number of imidazole rings is 1. The van der Waals surface area contributed by atoms with E-state index in [9.17, 15) is 31.5 Å². The Bertz CT molecular complexity index is 1110. The zero-order chi connectivity index (χ0) is 24.0. The molecule has 33 heavy (non-hydrogen) atoms. The van der Waals surface area contributed by atoms with Crippen LogP contribution in [0.25, 0.3) is 5.65 Å². The Morgan fingerprint density at radius 3 is 2.61 bits per heavy atom. The molecule has 0 radical (unpaired) electrons. The summed E-state index contributed by atoms with van der Waals surface area (Å²) in [5.41, 5.74) is 1.35. The summed E-state index contributed by atoms with van der Waals surface area (Å²) in [6.45, 7) is -0.107. The molecule has 3 aromatic heterocycles. The Kier molecular flexibility index (Phi) is 7.50. The van der Waals surface area contributed by atoms with Gasteiger partial charge in [0.2, 0.25) is 12.3 Å². The average molecular weight is 474 g/mol. The zero-order valence-corrected chi connectivity index (χ0v) is 17.0. The smallest absolute Gasteiger partial charge is 0.352 e. The summed E-state index contributed by atoms with van der Waals surface area (Å²) in [6, 6.07) is 1.59. The molecule has 0 saturated carbocycles. The number of halogens is 5. The number of alkyl halides is 5. The summed E-state index contributed by atoms with van der Waals surface area (Å²) >= 11 is 0. The summed E-state index contributed by atoms with van der Waals surface area (Å²) < 4.78 is 62.4. The van der Waals surface area contributed by atoms with Crippen molar-refractivity contribution in [1.82, 2.24) is 40.2 Å². The number of fused-ring (bicyclic) bond motifs is 1. The maximum atomic E-state index is 12.2. The first kappa shape index (κ1) is 24.0. The molecule has 0 fully saturated rings. The second kappa shape index (κ2) is 10.3. The van der Waals surface area contributed by atoms with Gasteiger partial charge in [0.15, 0.2) is 11.3 Å². The number of hydrogen-bond acceptors (Lipinski definition) is 6. The second-order valence-corrected chi connectivity index (χ2v) is 6.98. The highest BCUT2D eigenvalue weighted by atomic mass is 19.4. The molecule has 3 aromatic rings. The molecule has 15 heteroatoms. The molecule has 10 nitrogen and oxygen atoms in total. The van der Waals surface area contributed by atoms with E-state index in [-0.39, 0.29) is 25.3 Å².